The predicted octanol–water partition coefficient (Wildman–Crippen LogP) is 4.91. The van der Waals surface area contributed by atoms with E-state index in [9.17, 15) is 14.0 Å². The van der Waals surface area contributed by atoms with Crippen LogP contribution in [-0.2, 0) is 10.2 Å². The van der Waals surface area contributed by atoms with Crippen LogP contribution in [0.5, 0.6) is 0 Å². The van der Waals surface area contributed by atoms with Gasteiger partial charge in [-0.2, -0.15) is 0 Å². The van der Waals surface area contributed by atoms with Gasteiger partial charge in [0.2, 0.25) is 5.91 Å². The molecule has 0 unspecified atom stereocenters. The topological polar surface area (TPSA) is 49.4 Å². The SMILES string of the molecule is CCCNC(=O)[C@@H]1CS[C@@H](c2cccc(F)c2)N1C(=O)c1ccc(C(C)(C)C)cc1. The van der Waals surface area contributed by atoms with Gasteiger partial charge >= 0.3 is 0 Å². The van der Waals surface area contributed by atoms with Gasteiger partial charge in [-0.15, -0.1) is 11.8 Å². The highest BCUT2D eigenvalue weighted by molar-refractivity contribution is 7.99. The first-order chi connectivity index (χ1) is 14.2. The Hall–Kier alpha value is -2.34. The molecule has 4 nitrogen and oxygen atoms in total. The molecule has 2 atom stereocenters. The van der Waals surface area contributed by atoms with E-state index in [0.717, 1.165) is 12.0 Å². The third-order valence-electron chi connectivity index (χ3n) is 5.22. The minimum Gasteiger partial charge on any atom is -0.354 e. The van der Waals surface area contributed by atoms with E-state index in [1.54, 1.807) is 17.0 Å². The van der Waals surface area contributed by atoms with Crippen molar-refractivity contribution in [2.75, 3.05) is 12.3 Å². The highest BCUT2D eigenvalue weighted by Crippen LogP contribution is 2.42. The summed E-state index contributed by atoms with van der Waals surface area (Å²) in [6.07, 6.45) is 0.821. The molecule has 0 aromatic heterocycles. The number of rotatable bonds is 5. The largest absolute Gasteiger partial charge is 0.354 e. The number of amides is 2. The first kappa shape index (κ1) is 22.3. The van der Waals surface area contributed by atoms with Gasteiger partial charge in [-0.1, -0.05) is 52.0 Å². The Balaban J connectivity index is 1.94. The molecule has 0 radical (unpaired) electrons. The lowest BCUT2D eigenvalue weighted by atomic mass is 9.86. The van der Waals surface area contributed by atoms with E-state index in [0.29, 0.717) is 23.4 Å². The third-order valence-corrected chi connectivity index (χ3v) is 6.54. The van der Waals surface area contributed by atoms with Crippen molar-refractivity contribution in [3.05, 3.63) is 71.0 Å². The van der Waals surface area contributed by atoms with Crippen molar-refractivity contribution < 1.29 is 14.0 Å². The number of thioether (sulfide) groups is 1. The minimum atomic E-state index is -0.593. The van der Waals surface area contributed by atoms with Crippen molar-refractivity contribution in [3.63, 3.8) is 0 Å². The summed E-state index contributed by atoms with van der Waals surface area (Å²) >= 11 is 1.49. The van der Waals surface area contributed by atoms with Gasteiger partial charge in [0, 0.05) is 17.9 Å². The number of halogens is 1. The molecule has 1 N–H and O–H groups in total. The van der Waals surface area contributed by atoms with Crippen LogP contribution in [0.4, 0.5) is 4.39 Å². The molecule has 6 heteroatoms. The molecule has 1 aliphatic heterocycles. The molecule has 0 aliphatic carbocycles. The Kier molecular flexibility index (Phi) is 6.86. The molecule has 1 saturated heterocycles. The van der Waals surface area contributed by atoms with Crippen LogP contribution in [-0.4, -0.2) is 35.1 Å². The van der Waals surface area contributed by atoms with Crippen LogP contribution in [0.2, 0.25) is 0 Å². The second-order valence-electron chi connectivity index (χ2n) is 8.59. The fourth-order valence-electron chi connectivity index (χ4n) is 3.50. The maximum Gasteiger partial charge on any atom is 0.255 e. The van der Waals surface area contributed by atoms with Crippen LogP contribution in [0.15, 0.2) is 48.5 Å². The summed E-state index contributed by atoms with van der Waals surface area (Å²) in [5.41, 5.74) is 2.33. The molecule has 1 heterocycles. The van der Waals surface area contributed by atoms with E-state index in [4.69, 9.17) is 0 Å². The standard InChI is InChI=1S/C24H29FN2O2S/c1-5-13-26-21(28)20-15-30-23(17-7-6-8-19(25)14-17)27(20)22(29)16-9-11-18(12-10-16)24(2,3)4/h6-12,14,20,23H,5,13,15H2,1-4H3,(H,26,28)/t20-,23-/m0/s1. The maximum absolute atomic E-state index is 13.9. The molecule has 0 spiro atoms. The summed E-state index contributed by atoms with van der Waals surface area (Å²) in [4.78, 5) is 27.9. The van der Waals surface area contributed by atoms with Gasteiger partial charge in [0.1, 0.15) is 17.2 Å². The number of benzene rings is 2. The smallest absolute Gasteiger partial charge is 0.255 e. The number of hydrogen-bond donors (Lipinski definition) is 1. The van der Waals surface area contributed by atoms with Crippen molar-refractivity contribution in [2.24, 2.45) is 0 Å². The fraction of sp³-hybridized carbons (Fsp3) is 0.417. The highest BCUT2D eigenvalue weighted by atomic mass is 32.2. The zero-order valence-electron chi connectivity index (χ0n) is 17.9. The van der Waals surface area contributed by atoms with Crippen molar-refractivity contribution in [1.29, 1.82) is 0 Å². The monoisotopic (exact) mass is 428 g/mol. The Morgan fingerprint density at radius 1 is 1.17 bits per heavy atom. The summed E-state index contributed by atoms with van der Waals surface area (Å²) < 4.78 is 13.9. The van der Waals surface area contributed by atoms with Crippen molar-refractivity contribution in [3.8, 4) is 0 Å². The van der Waals surface area contributed by atoms with E-state index in [1.807, 2.05) is 31.2 Å². The number of carbonyl (C=O) groups is 2. The lowest BCUT2D eigenvalue weighted by molar-refractivity contribution is -0.124. The number of nitrogens with one attached hydrogen (secondary N) is 1. The van der Waals surface area contributed by atoms with E-state index >= 15 is 0 Å². The molecule has 1 aliphatic rings. The molecule has 2 aromatic rings. The predicted molar refractivity (Wildman–Crippen MR) is 120 cm³/mol. The molecular formula is C24H29FN2O2S. The summed E-state index contributed by atoms with van der Waals surface area (Å²) in [6.45, 7) is 8.91. The molecule has 2 amide bonds. The van der Waals surface area contributed by atoms with Gasteiger partial charge in [0.15, 0.2) is 0 Å². The van der Waals surface area contributed by atoms with E-state index in [1.165, 1.54) is 23.9 Å². The van der Waals surface area contributed by atoms with Crippen LogP contribution in [0, 0.1) is 5.82 Å². The van der Waals surface area contributed by atoms with E-state index in [2.05, 4.69) is 26.1 Å². The average molecular weight is 429 g/mol. The van der Waals surface area contributed by atoms with Crippen molar-refractivity contribution in [2.45, 2.75) is 50.9 Å². The highest BCUT2D eigenvalue weighted by Gasteiger charge is 2.42. The quantitative estimate of drug-likeness (QED) is 0.736. The summed E-state index contributed by atoms with van der Waals surface area (Å²) in [5.74, 6) is -0.258. The summed E-state index contributed by atoms with van der Waals surface area (Å²) in [6, 6.07) is 13.2. The molecule has 160 valence electrons. The second-order valence-corrected chi connectivity index (χ2v) is 9.70. The van der Waals surface area contributed by atoms with Crippen LogP contribution in [0.1, 0.15) is 61.0 Å². The van der Waals surface area contributed by atoms with Crippen LogP contribution < -0.4 is 5.32 Å². The Morgan fingerprint density at radius 3 is 2.47 bits per heavy atom. The van der Waals surface area contributed by atoms with Crippen LogP contribution >= 0.6 is 11.8 Å². The Morgan fingerprint density at radius 2 is 1.87 bits per heavy atom. The van der Waals surface area contributed by atoms with Gasteiger partial charge in [-0.25, -0.2) is 4.39 Å². The number of nitrogens with zero attached hydrogens (tertiary/aromatic N) is 1. The zero-order valence-corrected chi connectivity index (χ0v) is 18.8. The molecular weight excluding hydrogens is 399 g/mol. The maximum atomic E-state index is 13.9. The van der Waals surface area contributed by atoms with Crippen molar-refractivity contribution >= 4 is 23.6 Å². The fourth-order valence-corrected chi connectivity index (χ4v) is 4.92. The summed E-state index contributed by atoms with van der Waals surface area (Å²) in [7, 11) is 0. The zero-order chi connectivity index (χ0) is 21.9. The Labute approximate surface area is 182 Å². The van der Waals surface area contributed by atoms with Crippen molar-refractivity contribution in [1.82, 2.24) is 10.2 Å². The normalized spacial score (nSPS) is 19.0. The first-order valence-corrected chi connectivity index (χ1v) is 11.3. The number of hydrogen-bond acceptors (Lipinski definition) is 3. The molecule has 2 aromatic carbocycles. The Bertz CT molecular complexity index is 908. The van der Waals surface area contributed by atoms with E-state index in [-0.39, 0.29) is 23.0 Å². The minimum absolute atomic E-state index is 0.0161. The molecule has 3 rings (SSSR count). The number of carbonyl (C=O) groups excluding carboxylic acids is 2. The first-order valence-electron chi connectivity index (χ1n) is 10.3. The van der Waals surface area contributed by atoms with Crippen LogP contribution in [0.3, 0.4) is 0 Å². The van der Waals surface area contributed by atoms with Gasteiger partial charge in [-0.3, -0.25) is 9.59 Å². The summed E-state index contributed by atoms with van der Waals surface area (Å²) in [5, 5.41) is 2.49. The van der Waals surface area contributed by atoms with Gasteiger partial charge in [0.05, 0.1) is 0 Å². The molecule has 0 saturated carbocycles. The van der Waals surface area contributed by atoms with Gasteiger partial charge < -0.3 is 10.2 Å². The third kappa shape index (κ3) is 4.86. The van der Waals surface area contributed by atoms with E-state index < -0.39 is 11.4 Å². The van der Waals surface area contributed by atoms with Gasteiger partial charge in [-0.05, 0) is 47.2 Å². The van der Waals surface area contributed by atoms with Crippen LogP contribution in [0.25, 0.3) is 0 Å². The lowest BCUT2D eigenvalue weighted by Gasteiger charge is -2.29. The average Bonchev–Trinajstić information content (AvgIpc) is 3.16. The van der Waals surface area contributed by atoms with Gasteiger partial charge in [0.25, 0.3) is 5.91 Å². The lowest BCUT2D eigenvalue weighted by Crippen LogP contribution is -2.48. The molecule has 0 bridgehead atoms. The second kappa shape index (κ2) is 9.21. The molecule has 30 heavy (non-hydrogen) atoms. The molecule has 1 fully saturated rings.